The molecule has 0 saturated carbocycles. The highest BCUT2D eigenvalue weighted by Gasteiger charge is 2.13. The number of aromatic nitrogens is 2. The fourth-order valence-electron chi connectivity index (χ4n) is 2.17. The van der Waals surface area contributed by atoms with Gasteiger partial charge in [-0.15, -0.1) is 0 Å². The minimum absolute atomic E-state index is 0.185. The van der Waals surface area contributed by atoms with Crippen LogP contribution in [0.15, 0.2) is 53.3 Å². The predicted octanol–water partition coefficient (Wildman–Crippen LogP) is 3.05. The van der Waals surface area contributed by atoms with Crippen molar-refractivity contribution in [1.29, 1.82) is 0 Å². The largest absolute Gasteiger partial charge is 0.497 e. The molecule has 0 saturated heterocycles. The molecule has 0 amide bonds. The highest BCUT2D eigenvalue weighted by Crippen LogP contribution is 2.27. The molecular formula is C16H15N3O3S. The van der Waals surface area contributed by atoms with Crippen LogP contribution in [-0.4, -0.2) is 23.2 Å². The molecular weight excluding hydrogens is 314 g/mol. The van der Waals surface area contributed by atoms with Crippen molar-refractivity contribution >= 4 is 23.2 Å². The molecule has 0 atom stereocenters. The second-order valence-electron chi connectivity index (χ2n) is 4.63. The Morgan fingerprint density at radius 3 is 2.70 bits per heavy atom. The summed E-state index contributed by atoms with van der Waals surface area (Å²) in [6, 6.07) is 14.7. The number of para-hydroxylation sites is 2. The smallest absolute Gasteiger partial charge is 0.332 e. The number of ether oxygens (including phenoxy) is 2. The van der Waals surface area contributed by atoms with Crippen LogP contribution in [-0.2, 0) is 0 Å². The van der Waals surface area contributed by atoms with E-state index in [1.165, 1.54) is 4.57 Å². The lowest BCUT2D eigenvalue weighted by atomic mass is 10.3. The molecule has 0 aliphatic rings. The molecule has 2 aromatic carbocycles. The lowest BCUT2D eigenvalue weighted by Gasteiger charge is -2.12. The Hall–Kier alpha value is -2.80. The number of rotatable bonds is 5. The molecule has 0 bridgehead atoms. The Bertz CT molecular complexity index is 873. The second-order valence-corrected chi connectivity index (χ2v) is 5.35. The normalized spacial score (nSPS) is 10.3. The van der Waals surface area contributed by atoms with Crippen LogP contribution in [0.25, 0.3) is 5.69 Å². The van der Waals surface area contributed by atoms with Gasteiger partial charge in [0.1, 0.15) is 11.5 Å². The van der Waals surface area contributed by atoms with E-state index in [1.807, 2.05) is 42.5 Å². The van der Waals surface area contributed by atoms with E-state index >= 15 is 0 Å². The molecule has 3 aromatic rings. The fraction of sp³-hybridized carbons (Fsp3) is 0.125. The first-order valence-electron chi connectivity index (χ1n) is 6.86. The molecule has 1 heterocycles. The molecule has 0 radical (unpaired) electrons. The summed E-state index contributed by atoms with van der Waals surface area (Å²) in [5.41, 5.74) is 1.41. The van der Waals surface area contributed by atoms with Crippen molar-refractivity contribution in [3.8, 4) is 17.2 Å². The third-order valence-corrected chi connectivity index (χ3v) is 3.87. The quantitative estimate of drug-likeness (QED) is 0.779. The van der Waals surface area contributed by atoms with Crippen LogP contribution in [0.4, 0.5) is 11.6 Å². The number of nitrogens with one attached hydrogen (secondary N) is 1. The summed E-state index contributed by atoms with van der Waals surface area (Å²) in [6.07, 6.45) is 0. The number of benzene rings is 2. The van der Waals surface area contributed by atoms with Gasteiger partial charge in [-0.1, -0.05) is 18.2 Å². The van der Waals surface area contributed by atoms with E-state index in [-0.39, 0.29) is 4.87 Å². The van der Waals surface area contributed by atoms with Crippen molar-refractivity contribution in [3.63, 3.8) is 0 Å². The number of hydrogen-bond acceptors (Lipinski definition) is 6. The van der Waals surface area contributed by atoms with E-state index in [1.54, 1.807) is 20.3 Å². The molecule has 0 aliphatic carbocycles. The Kier molecular flexibility index (Phi) is 4.29. The Morgan fingerprint density at radius 1 is 1.09 bits per heavy atom. The summed E-state index contributed by atoms with van der Waals surface area (Å²) < 4.78 is 16.2. The summed E-state index contributed by atoms with van der Waals surface area (Å²) in [5, 5.41) is 3.15. The zero-order valence-corrected chi connectivity index (χ0v) is 13.5. The summed E-state index contributed by atoms with van der Waals surface area (Å²) in [4.78, 5) is 12.0. The molecule has 7 heteroatoms. The second kappa shape index (κ2) is 6.53. The van der Waals surface area contributed by atoms with Gasteiger partial charge in [-0.2, -0.15) is 4.37 Å². The van der Waals surface area contributed by atoms with E-state index in [0.29, 0.717) is 23.1 Å². The van der Waals surface area contributed by atoms with Crippen LogP contribution in [0.5, 0.6) is 11.5 Å². The maximum Gasteiger partial charge on any atom is 0.332 e. The van der Waals surface area contributed by atoms with Gasteiger partial charge in [0.25, 0.3) is 0 Å². The van der Waals surface area contributed by atoms with Crippen molar-refractivity contribution < 1.29 is 9.47 Å². The van der Waals surface area contributed by atoms with Gasteiger partial charge in [0, 0.05) is 17.6 Å². The van der Waals surface area contributed by atoms with Crippen LogP contribution in [0.1, 0.15) is 0 Å². The first-order chi connectivity index (χ1) is 11.2. The molecule has 0 unspecified atom stereocenters. The molecule has 1 aromatic heterocycles. The zero-order chi connectivity index (χ0) is 16.2. The average Bonchev–Trinajstić information content (AvgIpc) is 2.96. The van der Waals surface area contributed by atoms with Crippen LogP contribution in [0, 0.1) is 0 Å². The molecule has 0 spiro atoms. The van der Waals surface area contributed by atoms with Crippen molar-refractivity contribution in [2.75, 3.05) is 19.5 Å². The minimum atomic E-state index is -0.185. The Morgan fingerprint density at radius 2 is 1.91 bits per heavy atom. The first-order valence-corrected chi connectivity index (χ1v) is 7.63. The molecule has 118 valence electrons. The summed E-state index contributed by atoms with van der Waals surface area (Å²) in [7, 11) is 3.18. The van der Waals surface area contributed by atoms with Gasteiger partial charge in [0.15, 0.2) is 0 Å². The number of methoxy groups -OCH3 is 2. The van der Waals surface area contributed by atoms with Gasteiger partial charge in [-0.3, -0.25) is 4.79 Å². The van der Waals surface area contributed by atoms with Crippen molar-refractivity contribution in [3.05, 3.63) is 58.2 Å². The van der Waals surface area contributed by atoms with Gasteiger partial charge < -0.3 is 14.8 Å². The predicted molar refractivity (Wildman–Crippen MR) is 90.5 cm³/mol. The summed E-state index contributed by atoms with van der Waals surface area (Å²) >= 11 is 0.885. The average molecular weight is 329 g/mol. The third-order valence-electron chi connectivity index (χ3n) is 3.27. The molecule has 23 heavy (non-hydrogen) atoms. The zero-order valence-electron chi connectivity index (χ0n) is 12.6. The van der Waals surface area contributed by atoms with E-state index in [4.69, 9.17) is 9.47 Å². The van der Waals surface area contributed by atoms with Crippen molar-refractivity contribution in [2.24, 2.45) is 0 Å². The topological polar surface area (TPSA) is 65.4 Å². The monoisotopic (exact) mass is 329 g/mol. The lowest BCUT2D eigenvalue weighted by molar-refractivity contribution is 0.414. The standard InChI is InChI=1S/C16H15N3O3S/c1-21-12-7-5-6-11(10-12)19-15(18-23-16(19)20)17-13-8-3-4-9-14(13)22-2/h3-10H,1-2H3,(H,17,18). The molecule has 3 rings (SSSR count). The third kappa shape index (κ3) is 3.04. The fourth-order valence-corrected chi connectivity index (χ4v) is 2.74. The lowest BCUT2D eigenvalue weighted by Crippen LogP contribution is -2.13. The van der Waals surface area contributed by atoms with Crippen LogP contribution in [0.3, 0.4) is 0 Å². The van der Waals surface area contributed by atoms with Gasteiger partial charge in [0.05, 0.1) is 25.6 Å². The van der Waals surface area contributed by atoms with E-state index < -0.39 is 0 Å². The summed E-state index contributed by atoms with van der Waals surface area (Å²) in [6.45, 7) is 0. The van der Waals surface area contributed by atoms with Gasteiger partial charge in [0.2, 0.25) is 5.95 Å². The van der Waals surface area contributed by atoms with Crippen molar-refractivity contribution in [1.82, 2.24) is 8.94 Å². The van der Waals surface area contributed by atoms with E-state index in [0.717, 1.165) is 17.2 Å². The molecule has 0 aliphatic heterocycles. The van der Waals surface area contributed by atoms with Crippen LogP contribution in [0.2, 0.25) is 0 Å². The molecule has 6 nitrogen and oxygen atoms in total. The van der Waals surface area contributed by atoms with E-state index in [9.17, 15) is 4.79 Å². The van der Waals surface area contributed by atoms with E-state index in [2.05, 4.69) is 9.69 Å². The Labute approximate surface area is 137 Å². The SMILES string of the molecule is COc1cccc(-n2c(Nc3ccccc3OC)nsc2=O)c1. The first kappa shape index (κ1) is 15.1. The number of hydrogen-bond donors (Lipinski definition) is 1. The van der Waals surface area contributed by atoms with Gasteiger partial charge >= 0.3 is 4.87 Å². The number of nitrogens with zero attached hydrogens (tertiary/aromatic N) is 2. The molecule has 0 fully saturated rings. The van der Waals surface area contributed by atoms with Gasteiger partial charge in [-0.05, 0) is 24.3 Å². The maximum absolute atomic E-state index is 12.2. The molecule has 1 N–H and O–H groups in total. The Balaban J connectivity index is 2.03. The van der Waals surface area contributed by atoms with Crippen LogP contribution < -0.4 is 19.7 Å². The van der Waals surface area contributed by atoms with Crippen molar-refractivity contribution in [2.45, 2.75) is 0 Å². The van der Waals surface area contributed by atoms with Crippen LogP contribution >= 0.6 is 11.5 Å². The minimum Gasteiger partial charge on any atom is -0.497 e. The number of anilines is 2. The highest BCUT2D eigenvalue weighted by molar-refractivity contribution is 7.03. The summed E-state index contributed by atoms with van der Waals surface area (Å²) in [5.74, 6) is 1.77. The van der Waals surface area contributed by atoms with Gasteiger partial charge in [-0.25, -0.2) is 4.57 Å². The maximum atomic E-state index is 12.2. The highest BCUT2D eigenvalue weighted by atomic mass is 32.1.